The summed E-state index contributed by atoms with van der Waals surface area (Å²) < 4.78 is 10.4. The van der Waals surface area contributed by atoms with Gasteiger partial charge in [0.15, 0.2) is 11.8 Å². The summed E-state index contributed by atoms with van der Waals surface area (Å²) in [5, 5.41) is 18.4. The summed E-state index contributed by atoms with van der Waals surface area (Å²) in [4.78, 5) is 24.1. The van der Waals surface area contributed by atoms with Gasteiger partial charge >= 0.3 is 11.9 Å². The highest BCUT2D eigenvalue weighted by molar-refractivity contribution is 5.81. The molecule has 2 unspecified atom stereocenters. The zero-order valence-electron chi connectivity index (χ0n) is 16.7. The van der Waals surface area contributed by atoms with Gasteiger partial charge in [-0.15, -0.1) is 0 Å². The average Bonchev–Trinajstić information content (AvgIpc) is 2.78. The maximum Gasteiger partial charge on any atom is 0.327 e. The Morgan fingerprint density at radius 1 is 0.667 bits per heavy atom. The minimum atomic E-state index is -0.914. The first-order valence-corrected chi connectivity index (χ1v) is 9.89. The smallest absolute Gasteiger partial charge is 0.327 e. The first kappa shape index (κ1) is 22.6. The second kappa shape index (κ2) is 12.7. The number of nitriles is 2. The summed E-state index contributed by atoms with van der Waals surface area (Å²) in [6.45, 7) is 0.488. The Morgan fingerprint density at radius 2 is 1.03 bits per heavy atom. The van der Waals surface area contributed by atoms with E-state index in [1.54, 1.807) is 48.5 Å². The van der Waals surface area contributed by atoms with Crippen LogP contribution in [0, 0.1) is 22.7 Å². The molecule has 0 fully saturated rings. The van der Waals surface area contributed by atoms with Gasteiger partial charge in [-0.05, 0) is 36.8 Å². The van der Waals surface area contributed by atoms with Crippen molar-refractivity contribution in [3.8, 4) is 12.1 Å². The van der Waals surface area contributed by atoms with Crippen molar-refractivity contribution in [2.75, 3.05) is 13.2 Å². The molecule has 0 heterocycles. The fourth-order valence-corrected chi connectivity index (χ4v) is 2.89. The van der Waals surface area contributed by atoms with Gasteiger partial charge in [-0.2, -0.15) is 10.5 Å². The lowest BCUT2D eigenvalue weighted by Crippen LogP contribution is -2.15. The largest absolute Gasteiger partial charge is 0.464 e. The number of hydrogen-bond acceptors (Lipinski definition) is 6. The Bertz CT molecular complexity index is 809. The van der Waals surface area contributed by atoms with E-state index in [0.717, 1.165) is 12.8 Å². The Balaban J connectivity index is 1.59. The van der Waals surface area contributed by atoms with Crippen molar-refractivity contribution in [1.82, 2.24) is 0 Å². The zero-order valence-corrected chi connectivity index (χ0v) is 16.7. The van der Waals surface area contributed by atoms with Gasteiger partial charge < -0.3 is 9.47 Å². The number of esters is 2. The highest BCUT2D eigenvalue weighted by Gasteiger charge is 2.22. The first-order chi connectivity index (χ1) is 14.7. The lowest BCUT2D eigenvalue weighted by molar-refractivity contribution is -0.145. The Labute approximate surface area is 176 Å². The highest BCUT2D eigenvalue weighted by atomic mass is 16.5. The Hall–Kier alpha value is -3.64. The maximum absolute atomic E-state index is 12.1. The number of rotatable bonds is 11. The van der Waals surface area contributed by atoms with Crippen LogP contribution in [0.1, 0.15) is 48.6 Å². The van der Waals surface area contributed by atoms with Crippen LogP contribution < -0.4 is 0 Å². The van der Waals surface area contributed by atoms with Crippen LogP contribution in [-0.2, 0) is 19.1 Å². The number of benzene rings is 2. The molecular weight excluding hydrogens is 380 g/mol. The van der Waals surface area contributed by atoms with Crippen molar-refractivity contribution in [2.24, 2.45) is 0 Å². The van der Waals surface area contributed by atoms with Crippen LogP contribution in [-0.4, -0.2) is 25.2 Å². The molecule has 0 N–H and O–H groups in total. The topological polar surface area (TPSA) is 100 Å². The normalized spacial score (nSPS) is 12.1. The van der Waals surface area contributed by atoms with Crippen molar-refractivity contribution in [3.63, 3.8) is 0 Å². The van der Waals surface area contributed by atoms with Crippen molar-refractivity contribution in [2.45, 2.75) is 37.5 Å². The van der Waals surface area contributed by atoms with E-state index in [2.05, 4.69) is 0 Å². The lowest BCUT2D eigenvalue weighted by atomic mass is 10.0. The Morgan fingerprint density at radius 3 is 1.37 bits per heavy atom. The molecule has 2 aromatic rings. The number of ether oxygens (including phenoxy) is 2. The van der Waals surface area contributed by atoms with Crippen molar-refractivity contribution in [1.29, 1.82) is 10.5 Å². The zero-order chi connectivity index (χ0) is 21.6. The minimum Gasteiger partial charge on any atom is -0.464 e. The van der Waals surface area contributed by atoms with Gasteiger partial charge in [0, 0.05) is 0 Å². The van der Waals surface area contributed by atoms with E-state index in [-0.39, 0.29) is 13.2 Å². The van der Waals surface area contributed by atoms with Gasteiger partial charge in [-0.25, -0.2) is 0 Å². The van der Waals surface area contributed by atoms with E-state index >= 15 is 0 Å². The second-order valence-corrected chi connectivity index (χ2v) is 6.69. The number of carbonyl (C=O) groups excluding carboxylic acids is 2. The monoisotopic (exact) mass is 404 g/mol. The molecule has 0 aromatic heterocycles. The van der Waals surface area contributed by atoms with E-state index < -0.39 is 23.8 Å². The van der Waals surface area contributed by atoms with Crippen molar-refractivity contribution >= 4 is 11.9 Å². The number of unbranched alkanes of at least 4 members (excludes halogenated alkanes) is 3. The molecule has 0 radical (unpaired) electrons. The SMILES string of the molecule is N#CC(C(=O)OCCCCCCOC(=O)C(C#N)c1ccccc1)c1ccccc1. The fraction of sp³-hybridized carbons (Fsp3) is 0.333. The highest BCUT2D eigenvalue weighted by Crippen LogP contribution is 2.17. The fourth-order valence-electron chi connectivity index (χ4n) is 2.89. The summed E-state index contributed by atoms with van der Waals surface area (Å²) in [5.41, 5.74) is 1.25. The van der Waals surface area contributed by atoms with Crippen LogP contribution in [0.2, 0.25) is 0 Å². The molecule has 0 aliphatic carbocycles. The van der Waals surface area contributed by atoms with E-state index in [9.17, 15) is 20.1 Å². The van der Waals surface area contributed by atoms with Gasteiger partial charge in [0.25, 0.3) is 0 Å². The Kier molecular flexibility index (Phi) is 9.62. The van der Waals surface area contributed by atoms with Crippen LogP contribution >= 0.6 is 0 Å². The van der Waals surface area contributed by atoms with Crippen molar-refractivity contribution in [3.05, 3.63) is 71.8 Å². The molecule has 0 spiro atoms. The van der Waals surface area contributed by atoms with E-state index in [0.29, 0.717) is 24.0 Å². The van der Waals surface area contributed by atoms with Gasteiger partial charge in [-0.1, -0.05) is 60.7 Å². The van der Waals surface area contributed by atoms with E-state index in [1.807, 2.05) is 24.3 Å². The summed E-state index contributed by atoms with van der Waals surface area (Å²) in [6.07, 6.45) is 2.93. The number of nitrogens with zero attached hydrogens (tertiary/aromatic N) is 2. The summed E-state index contributed by atoms with van der Waals surface area (Å²) in [5.74, 6) is -2.91. The van der Waals surface area contributed by atoms with Crippen molar-refractivity contribution < 1.29 is 19.1 Å². The number of hydrogen-bond donors (Lipinski definition) is 0. The molecule has 154 valence electrons. The molecule has 0 aliphatic heterocycles. The lowest BCUT2D eigenvalue weighted by Gasteiger charge is -2.10. The molecule has 0 bridgehead atoms. The predicted molar refractivity (Wildman–Crippen MR) is 110 cm³/mol. The molecule has 2 rings (SSSR count). The molecule has 6 heteroatoms. The molecule has 2 aromatic carbocycles. The molecular formula is C24H24N2O4. The minimum absolute atomic E-state index is 0.244. The summed E-state index contributed by atoms with van der Waals surface area (Å²) in [7, 11) is 0. The van der Waals surface area contributed by atoms with Crippen LogP contribution in [0.25, 0.3) is 0 Å². The third-order valence-corrected chi connectivity index (χ3v) is 4.52. The van der Waals surface area contributed by atoms with Crippen LogP contribution in [0.3, 0.4) is 0 Å². The van der Waals surface area contributed by atoms with Crippen LogP contribution in [0.15, 0.2) is 60.7 Å². The molecule has 0 aliphatic rings. The third kappa shape index (κ3) is 7.07. The molecule has 30 heavy (non-hydrogen) atoms. The quantitative estimate of drug-likeness (QED) is 0.410. The molecule has 0 amide bonds. The third-order valence-electron chi connectivity index (χ3n) is 4.52. The average molecular weight is 404 g/mol. The number of carbonyl (C=O) groups is 2. The molecule has 6 nitrogen and oxygen atoms in total. The molecule has 0 saturated heterocycles. The predicted octanol–water partition coefficient (Wildman–Crippen LogP) is 4.25. The maximum atomic E-state index is 12.1. The first-order valence-electron chi connectivity index (χ1n) is 9.89. The van der Waals surface area contributed by atoms with E-state index in [4.69, 9.17) is 9.47 Å². The molecule has 2 atom stereocenters. The molecule has 0 saturated carbocycles. The van der Waals surface area contributed by atoms with Crippen LogP contribution in [0.5, 0.6) is 0 Å². The standard InChI is InChI=1S/C24H24N2O4/c25-17-21(19-11-5-3-6-12-19)23(27)29-15-9-1-2-10-16-30-24(28)22(18-26)20-13-7-4-8-14-20/h3-8,11-14,21-22H,1-2,9-10,15-16H2. The van der Waals surface area contributed by atoms with Crippen LogP contribution in [0.4, 0.5) is 0 Å². The van der Waals surface area contributed by atoms with Gasteiger partial charge in [0.05, 0.1) is 25.4 Å². The van der Waals surface area contributed by atoms with Gasteiger partial charge in [0.1, 0.15) is 0 Å². The van der Waals surface area contributed by atoms with Gasteiger partial charge in [-0.3, -0.25) is 9.59 Å². The van der Waals surface area contributed by atoms with E-state index in [1.165, 1.54) is 0 Å². The summed E-state index contributed by atoms with van der Waals surface area (Å²) >= 11 is 0. The summed E-state index contributed by atoms with van der Waals surface area (Å²) in [6, 6.07) is 21.6. The van der Waals surface area contributed by atoms with Gasteiger partial charge in [0.2, 0.25) is 0 Å². The second-order valence-electron chi connectivity index (χ2n) is 6.69.